The van der Waals surface area contributed by atoms with Crippen LogP contribution in [0.1, 0.15) is 40.0 Å². The van der Waals surface area contributed by atoms with Crippen LogP contribution >= 0.6 is 0 Å². The van der Waals surface area contributed by atoms with Gasteiger partial charge >= 0.3 is 0 Å². The highest BCUT2D eigenvalue weighted by molar-refractivity contribution is 5.97. The monoisotopic (exact) mass is 279 g/mol. The largest absolute Gasteiger partial charge is 0.494 e. The van der Waals surface area contributed by atoms with Crippen LogP contribution in [0, 0.1) is 0 Å². The van der Waals surface area contributed by atoms with Gasteiger partial charge in [0.1, 0.15) is 11.4 Å². The van der Waals surface area contributed by atoms with Crippen molar-refractivity contribution < 1.29 is 14.3 Å². The molecule has 0 aromatic heterocycles. The molecule has 0 aliphatic heterocycles. The van der Waals surface area contributed by atoms with Gasteiger partial charge in [-0.3, -0.25) is 4.79 Å². The Kier molecular flexibility index (Phi) is 6.52. The van der Waals surface area contributed by atoms with Crippen molar-refractivity contribution in [2.45, 2.75) is 45.6 Å². The minimum Gasteiger partial charge on any atom is -0.494 e. The number of amides is 1. The van der Waals surface area contributed by atoms with Crippen LogP contribution in [0.4, 0.5) is 5.69 Å². The summed E-state index contributed by atoms with van der Waals surface area (Å²) in [4.78, 5) is 12.3. The zero-order valence-electron chi connectivity index (χ0n) is 12.9. The molecule has 1 atom stereocenters. The first-order valence-electron chi connectivity index (χ1n) is 7.15. The smallest absolute Gasteiger partial charge is 0.256 e. The molecule has 112 valence electrons. The second kappa shape index (κ2) is 7.90. The van der Waals surface area contributed by atoms with Gasteiger partial charge in [0.25, 0.3) is 5.91 Å². The molecule has 0 unspecified atom stereocenters. The first-order chi connectivity index (χ1) is 9.55. The first kappa shape index (κ1) is 16.5. The number of carbonyl (C=O) groups excluding carboxylic acids is 1. The number of rotatable bonds is 8. The van der Waals surface area contributed by atoms with E-state index in [0.717, 1.165) is 24.3 Å². The van der Waals surface area contributed by atoms with Gasteiger partial charge in [-0.15, -0.1) is 0 Å². The lowest BCUT2D eigenvalue weighted by molar-refractivity contribution is -0.136. The van der Waals surface area contributed by atoms with E-state index in [0.29, 0.717) is 13.0 Å². The number of carbonyl (C=O) groups is 1. The molecule has 0 aliphatic rings. The summed E-state index contributed by atoms with van der Waals surface area (Å²) >= 11 is 0. The molecule has 0 heterocycles. The van der Waals surface area contributed by atoms with Crippen LogP contribution in [-0.2, 0) is 9.53 Å². The van der Waals surface area contributed by atoms with Crippen molar-refractivity contribution in [1.29, 1.82) is 0 Å². The fourth-order valence-electron chi connectivity index (χ4n) is 1.89. The molecule has 0 aliphatic carbocycles. The highest BCUT2D eigenvalue weighted by atomic mass is 16.5. The molecule has 1 N–H and O–H groups in total. The van der Waals surface area contributed by atoms with Crippen molar-refractivity contribution >= 4 is 11.6 Å². The molecule has 0 radical (unpaired) electrons. The minimum absolute atomic E-state index is 0.113. The molecule has 1 aromatic rings. The van der Waals surface area contributed by atoms with E-state index in [-0.39, 0.29) is 5.91 Å². The topological polar surface area (TPSA) is 47.6 Å². The lowest BCUT2D eigenvalue weighted by Gasteiger charge is -2.26. The number of nitrogens with one attached hydrogen (secondary N) is 1. The predicted octanol–water partition coefficient (Wildman–Crippen LogP) is 3.62. The van der Waals surface area contributed by atoms with Crippen molar-refractivity contribution in [3.8, 4) is 5.75 Å². The summed E-state index contributed by atoms with van der Waals surface area (Å²) in [5.41, 5.74) is -0.0348. The van der Waals surface area contributed by atoms with Gasteiger partial charge in [0, 0.05) is 12.8 Å². The summed E-state index contributed by atoms with van der Waals surface area (Å²) in [5.74, 6) is 0.684. The van der Waals surface area contributed by atoms with E-state index in [1.54, 1.807) is 7.11 Å². The molecule has 0 spiro atoms. The summed E-state index contributed by atoms with van der Waals surface area (Å²) < 4.78 is 10.8. The molecule has 4 heteroatoms. The van der Waals surface area contributed by atoms with Crippen molar-refractivity contribution in [2.75, 3.05) is 19.0 Å². The summed E-state index contributed by atoms with van der Waals surface area (Å²) in [6, 6.07) is 7.35. The highest BCUT2D eigenvalue weighted by Crippen LogP contribution is 2.22. The van der Waals surface area contributed by atoms with E-state index in [4.69, 9.17) is 9.47 Å². The summed E-state index contributed by atoms with van der Waals surface area (Å²) in [5, 5.41) is 2.89. The molecular weight excluding hydrogens is 254 g/mol. The van der Waals surface area contributed by atoms with Crippen molar-refractivity contribution in [3.63, 3.8) is 0 Å². The highest BCUT2D eigenvalue weighted by Gasteiger charge is 2.32. The third-order valence-electron chi connectivity index (χ3n) is 3.36. The van der Waals surface area contributed by atoms with Gasteiger partial charge in [-0.05, 0) is 44.5 Å². The number of benzene rings is 1. The molecular formula is C16H25NO3. The Balaban J connectivity index is 2.68. The Bertz CT molecular complexity index is 416. The molecule has 1 rings (SSSR count). The molecule has 0 saturated carbocycles. The maximum absolute atomic E-state index is 12.3. The molecule has 1 aromatic carbocycles. The fraction of sp³-hybridized carbons (Fsp3) is 0.562. The fourth-order valence-corrected chi connectivity index (χ4v) is 1.89. The Labute approximate surface area is 121 Å². The molecule has 1 amide bonds. The molecule has 0 fully saturated rings. The Morgan fingerprint density at radius 1 is 1.25 bits per heavy atom. The van der Waals surface area contributed by atoms with Gasteiger partial charge in [0.05, 0.1) is 6.61 Å². The zero-order chi connectivity index (χ0) is 15.0. The number of anilines is 1. The first-order valence-corrected chi connectivity index (χ1v) is 7.15. The van der Waals surface area contributed by atoms with Crippen molar-refractivity contribution in [3.05, 3.63) is 24.3 Å². The van der Waals surface area contributed by atoms with E-state index >= 15 is 0 Å². The second-order valence-electron chi connectivity index (χ2n) is 4.95. The SMILES string of the molecule is CCCC[C@](C)(OC)C(=O)Nc1ccc(OCC)cc1. The van der Waals surface area contributed by atoms with Crippen molar-refractivity contribution in [2.24, 2.45) is 0 Å². The molecule has 20 heavy (non-hydrogen) atoms. The van der Waals surface area contributed by atoms with E-state index < -0.39 is 5.60 Å². The molecule has 0 bridgehead atoms. The average molecular weight is 279 g/mol. The predicted molar refractivity (Wildman–Crippen MR) is 81.2 cm³/mol. The zero-order valence-corrected chi connectivity index (χ0v) is 12.9. The third kappa shape index (κ3) is 4.53. The van der Waals surface area contributed by atoms with Crippen LogP contribution in [0.3, 0.4) is 0 Å². The van der Waals surface area contributed by atoms with Gasteiger partial charge in [0.2, 0.25) is 0 Å². The minimum atomic E-state index is -0.783. The Morgan fingerprint density at radius 2 is 1.90 bits per heavy atom. The van der Waals surface area contributed by atoms with Gasteiger partial charge in [-0.2, -0.15) is 0 Å². The maximum atomic E-state index is 12.3. The summed E-state index contributed by atoms with van der Waals surface area (Å²) in [6.07, 6.45) is 2.71. The van der Waals surface area contributed by atoms with Crippen LogP contribution in [0.15, 0.2) is 24.3 Å². The van der Waals surface area contributed by atoms with E-state index in [2.05, 4.69) is 12.2 Å². The Hall–Kier alpha value is -1.55. The standard InChI is InChI=1S/C16H25NO3/c1-5-7-12-16(3,19-4)15(18)17-13-8-10-14(11-9-13)20-6-2/h8-11H,5-7,12H2,1-4H3,(H,17,18)/t16-/m0/s1. The van der Waals surface area contributed by atoms with Crippen LogP contribution in [-0.4, -0.2) is 25.2 Å². The van der Waals surface area contributed by atoms with Crippen molar-refractivity contribution in [1.82, 2.24) is 0 Å². The van der Waals surface area contributed by atoms with Gasteiger partial charge in [-0.1, -0.05) is 19.8 Å². The summed E-state index contributed by atoms with van der Waals surface area (Å²) in [7, 11) is 1.58. The quantitative estimate of drug-likeness (QED) is 0.790. The van der Waals surface area contributed by atoms with E-state index in [1.807, 2.05) is 38.1 Å². The van der Waals surface area contributed by atoms with Gasteiger partial charge in [0.15, 0.2) is 0 Å². The Morgan fingerprint density at radius 3 is 2.40 bits per heavy atom. The number of hydrogen-bond acceptors (Lipinski definition) is 3. The number of hydrogen-bond donors (Lipinski definition) is 1. The maximum Gasteiger partial charge on any atom is 0.256 e. The van der Waals surface area contributed by atoms with Crippen LogP contribution in [0.5, 0.6) is 5.75 Å². The number of unbranched alkanes of at least 4 members (excludes halogenated alkanes) is 1. The van der Waals surface area contributed by atoms with Crippen LogP contribution < -0.4 is 10.1 Å². The summed E-state index contributed by atoms with van der Waals surface area (Å²) in [6.45, 7) is 6.49. The van der Waals surface area contributed by atoms with Crippen LogP contribution in [0.2, 0.25) is 0 Å². The average Bonchev–Trinajstić information content (AvgIpc) is 2.47. The van der Waals surface area contributed by atoms with E-state index in [9.17, 15) is 4.79 Å². The number of ether oxygens (including phenoxy) is 2. The van der Waals surface area contributed by atoms with Gasteiger partial charge < -0.3 is 14.8 Å². The normalized spacial score (nSPS) is 13.6. The van der Waals surface area contributed by atoms with Gasteiger partial charge in [-0.25, -0.2) is 0 Å². The number of methoxy groups -OCH3 is 1. The molecule has 4 nitrogen and oxygen atoms in total. The van der Waals surface area contributed by atoms with Crippen LogP contribution in [0.25, 0.3) is 0 Å². The lowest BCUT2D eigenvalue weighted by Crippen LogP contribution is -2.41. The lowest BCUT2D eigenvalue weighted by atomic mass is 9.97. The molecule has 0 saturated heterocycles. The third-order valence-corrected chi connectivity index (χ3v) is 3.36. The van der Waals surface area contributed by atoms with E-state index in [1.165, 1.54) is 0 Å². The second-order valence-corrected chi connectivity index (χ2v) is 4.95.